The van der Waals surface area contributed by atoms with E-state index in [0.29, 0.717) is 18.3 Å². The van der Waals surface area contributed by atoms with Gasteiger partial charge in [0, 0.05) is 31.1 Å². The molecule has 1 atom stereocenters. The van der Waals surface area contributed by atoms with Crippen LogP contribution in [0.15, 0.2) is 53.1 Å². The second kappa shape index (κ2) is 7.92. The topological polar surface area (TPSA) is 58.4 Å². The average Bonchev–Trinajstić information content (AvgIpc) is 3.11. The van der Waals surface area contributed by atoms with E-state index in [4.69, 9.17) is 4.52 Å². The largest absolute Gasteiger partial charge is 0.356 e. The fraction of sp³-hybridized carbons (Fsp3) is 0.364. The van der Waals surface area contributed by atoms with E-state index in [9.17, 15) is 4.79 Å². The Morgan fingerprint density at radius 2 is 1.96 bits per heavy atom. The maximum atomic E-state index is 12.4. The molecule has 3 aromatic rings. The molecule has 5 heteroatoms. The molecule has 2 aromatic carbocycles. The highest BCUT2D eigenvalue weighted by molar-refractivity contribution is 5.86. The lowest BCUT2D eigenvalue weighted by atomic mass is 9.98. The summed E-state index contributed by atoms with van der Waals surface area (Å²) in [4.78, 5) is 14.9. The minimum absolute atomic E-state index is 0.00934. The fourth-order valence-corrected chi connectivity index (χ4v) is 3.87. The summed E-state index contributed by atoms with van der Waals surface area (Å²) in [5.74, 6) is -0.00934. The van der Waals surface area contributed by atoms with Gasteiger partial charge in [0.15, 0.2) is 5.58 Å². The maximum absolute atomic E-state index is 12.4. The smallest absolute Gasteiger partial charge is 0.226 e. The van der Waals surface area contributed by atoms with Crippen molar-refractivity contribution in [3.63, 3.8) is 0 Å². The monoisotopic (exact) mass is 363 g/mol. The lowest BCUT2D eigenvalue weighted by Crippen LogP contribution is -2.46. The first-order valence-electron chi connectivity index (χ1n) is 9.65. The summed E-state index contributed by atoms with van der Waals surface area (Å²) in [6, 6.07) is 16.6. The molecular formula is C22H25N3O2. The highest BCUT2D eigenvalue weighted by Crippen LogP contribution is 2.21. The first-order valence-corrected chi connectivity index (χ1v) is 9.65. The molecule has 0 saturated heterocycles. The molecule has 0 unspecified atom stereocenters. The Labute approximate surface area is 159 Å². The van der Waals surface area contributed by atoms with Crippen LogP contribution in [0.5, 0.6) is 0 Å². The SMILES string of the molecule is CC[C@H](CNC(=O)Cc1noc2ccccc12)N1CCc2ccccc2C1. The van der Waals surface area contributed by atoms with Crippen LogP contribution in [-0.2, 0) is 24.2 Å². The quantitative estimate of drug-likeness (QED) is 0.730. The predicted octanol–water partition coefficient (Wildman–Crippen LogP) is 3.32. The molecule has 1 aromatic heterocycles. The Hall–Kier alpha value is -2.66. The third-order valence-corrected chi connectivity index (χ3v) is 5.46. The molecule has 4 rings (SSSR count). The molecule has 1 aliphatic heterocycles. The van der Waals surface area contributed by atoms with Gasteiger partial charge in [-0.2, -0.15) is 0 Å². The average molecular weight is 363 g/mol. The van der Waals surface area contributed by atoms with Gasteiger partial charge in [0.05, 0.1) is 6.42 Å². The van der Waals surface area contributed by atoms with E-state index in [1.165, 1.54) is 11.1 Å². The molecule has 5 nitrogen and oxygen atoms in total. The Morgan fingerprint density at radius 1 is 1.19 bits per heavy atom. The van der Waals surface area contributed by atoms with Crippen LogP contribution in [0.25, 0.3) is 11.0 Å². The Balaban J connectivity index is 1.35. The highest BCUT2D eigenvalue weighted by atomic mass is 16.5. The number of para-hydroxylation sites is 1. The Kier molecular flexibility index (Phi) is 5.21. The van der Waals surface area contributed by atoms with E-state index in [1.54, 1.807) is 0 Å². The van der Waals surface area contributed by atoms with E-state index in [2.05, 4.69) is 46.6 Å². The van der Waals surface area contributed by atoms with Crippen molar-refractivity contribution in [3.05, 3.63) is 65.4 Å². The number of carbonyl (C=O) groups is 1. The second-order valence-corrected chi connectivity index (χ2v) is 7.16. The summed E-state index contributed by atoms with van der Waals surface area (Å²) in [6.07, 6.45) is 2.33. The minimum Gasteiger partial charge on any atom is -0.356 e. The molecule has 0 fully saturated rings. The zero-order chi connectivity index (χ0) is 18.6. The Morgan fingerprint density at radius 3 is 2.81 bits per heavy atom. The van der Waals surface area contributed by atoms with Crippen molar-refractivity contribution in [2.24, 2.45) is 0 Å². The number of nitrogens with zero attached hydrogens (tertiary/aromatic N) is 2. The van der Waals surface area contributed by atoms with Gasteiger partial charge in [0.25, 0.3) is 0 Å². The molecule has 1 aliphatic rings. The first kappa shape index (κ1) is 17.7. The fourth-order valence-electron chi connectivity index (χ4n) is 3.87. The van der Waals surface area contributed by atoms with Crippen molar-refractivity contribution < 1.29 is 9.32 Å². The minimum atomic E-state index is -0.00934. The van der Waals surface area contributed by atoms with Crippen molar-refractivity contribution in [1.82, 2.24) is 15.4 Å². The van der Waals surface area contributed by atoms with Gasteiger partial charge in [-0.15, -0.1) is 0 Å². The number of fused-ring (bicyclic) bond motifs is 2. The molecule has 0 aliphatic carbocycles. The van der Waals surface area contributed by atoms with Crippen LogP contribution in [0.3, 0.4) is 0 Å². The van der Waals surface area contributed by atoms with E-state index in [0.717, 1.165) is 36.9 Å². The molecule has 0 bridgehead atoms. The molecular weight excluding hydrogens is 338 g/mol. The van der Waals surface area contributed by atoms with E-state index < -0.39 is 0 Å². The number of rotatable bonds is 6. The maximum Gasteiger partial charge on any atom is 0.226 e. The van der Waals surface area contributed by atoms with Crippen LogP contribution in [0.2, 0.25) is 0 Å². The molecule has 140 valence electrons. The molecule has 2 heterocycles. The van der Waals surface area contributed by atoms with Crippen LogP contribution in [0.1, 0.15) is 30.2 Å². The number of benzene rings is 2. The predicted molar refractivity (Wildman–Crippen MR) is 105 cm³/mol. The standard InChI is InChI=1S/C22H25N3O2/c1-2-18(25-12-11-16-7-3-4-8-17(16)15-25)14-23-22(26)13-20-19-9-5-6-10-21(19)27-24-20/h3-10,18H,2,11-15H2,1H3,(H,23,26)/t18-/m1/s1. The van der Waals surface area contributed by atoms with Gasteiger partial charge in [-0.3, -0.25) is 9.69 Å². The van der Waals surface area contributed by atoms with Gasteiger partial charge >= 0.3 is 0 Å². The van der Waals surface area contributed by atoms with Crippen LogP contribution in [-0.4, -0.2) is 35.1 Å². The van der Waals surface area contributed by atoms with Crippen molar-refractivity contribution >= 4 is 16.9 Å². The van der Waals surface area contributed by atoms with Crippen LogP contribution >= 0.6 is 0 Å². The summed E-state index contributed by atoms with van der Waals surface area (Å²) in [7, 11) is 0. The van der Waals surface area contributed by atoms with Crippen molar-refractivity contribution in [1.29, 1.82) is 0 Å². The number of amides is 1. The summed E-state index contributed by atoms with van der Waals surface area (Å²) in [5.41, 5.74) is 4.27. The van der Waals surface area contributed by atoms with Gasteiger partial charge in [0.2, 0.25) is 5.91 Å². The van der Waals surface area contributed by atoms with Gasteiger partial charge in [0.1, 0.15) is 5.69 Å². The Bertz CT molecular complexity index is 934. The first-order chi connectivity index (χ1) is 13.2. The summed E-state index contributed by atoms with van der Waals surface area (Å²) in [5, 5.41) is 8.06. The number of aromatic nitrogens is 1. The van der Waals surface area contributed by atoms with Gasteiger partial charge in [-0.25, -0.2) is 0 Å². The number of hydrogen-bond acceptors (Lipinski definition) is 4. The molecule has 1 N–H and O–H groups in total. The van der Waals surface area contributed by atoms with E-state index >= 15 is 0 Å². The second-order valence-electron chi connectivity index (χ2n) is 7.16. The molecule has 1 amide bonds. The summed E-state index contributed by atoms with van der Waals surface area (Å²) < 4.78 is 5.29. The zero-order valence-electron chi connectivity index (χ0n) is 15.6. The summed E-state index contributed by atoms with van der Waals surface area (Å²) in [6.45, 7) is 4.84. The lowest BCUT2D eigenvalue weighted by molar-refractivity contribution is -0.120. The molecule has 0 spiro atoms. The molecule has 27 heavy (non-hydrogen) atoms. The van der Waals surface area contributed by atoms with Crippen LogP contribution in [0, 0.1) is 0 Å². The molecule has 0 saturated carbocycles. The number of nitrogens with one attached hydrogen (secondary N) is 1. The number of hydrogen-bond donors (Lipinski definition) is 1. The van der Waals surface area contributed by atoms with Gasteiger partial charge in [-0.1, -0.05) is 48.5 Å². The normalized spacial score (nSPS) is 15.4. The summed E-state index contributed by atoms with van der Waals surface area (Å²) >= 11 is 0. The van der Waals surface area contributed by atoms with Crippen LogP contribution in [0.4, 0.5) is 0 Å². The third-order valence-electron chi connectivity index (χ3n) is 5.46. The third kappa shape index (κ3) is 3.88. The van der Waals surface area contributed by atoms with Crippen LogP contribution < -0.4 is 5.32 Å². The van der Waals surface area contributed by atoms with Crippen molar-refractivity contribution in [2.45, 2.75) is 38.8 Å². The van der Waals surface area contributed by atoms with E-state index in [-0.39, 0.29) is 12.3 Å². The van der Waals surface area contributed by atoms with Gasteiger partial charge < -0.3 is 9.84 Å². The highest BCUT2D eigenvalue weighted by Gasteiger charge is 2.23. The van der Waals surface area contributed by atoms with E-state index in [1.807, 2.05) is 24.3 Å². The molecule has 0 radical (unpaired) electrons. The van der Waals surface area contributed by atoms with Gasteiger partial charge in [-0.05, 0) is 36.1 Å². The zero-order valence-corrected chi connectivity index (χ0v) is 15.6. The van der Waals surface area contributed by atoms with Crippen molar-refractivity contribution in [2.75, 3.05) is 13.1 Å². The number of carbonyl (C=O) groups excluding carboxylic acids is 1. The van der Waals surface area contributed by atoms with Crippen molar-refractivity contribution in [3.8, 4) is 0 Å². The lowest BCUT2D eigenvalue weighted by Gasteiger charge is -2.35.